The monoisotopic (exact) mass is 339 g/mol. The van der Waals surface area contributed by atoms with Crippen LogP contribution in [0.1, 0.15) is 18.9 Å². The minimum atomic E-state index is -2.94. The zero-order valence-corrected chi connectivity index (χ0v) is 14.7. The number of hydrogen-bond donors (Lipinski definition) is 2. The Morgan fingerprint density at radius 1 is 1.43 bits per heavy atom. The Morgan fingerprint density at radius 2 is 2.17 bits per heavy atom. The Morgan fingerprint density at radius 3 is 2.83 bits per heavy atom. The van der Waals surface area contributed by atoms with E-state index in [0.29, 0.717) is 18.9 Å². The first-order valence-corrected chi connectivity index (χ1v) is 9.83. The molecule has 1 aliphatic heterocycles. The summed E-state index contributed by atoms with van der Waals surface area (Å²) in [5.74, 6) is 1.77. The molecule has 0 fully saturated rings. The lowest BCUT2D eigenvalue weighted by molar-refractivity contribution is 0.234. The number of rotatable bonds is 6. The quantitative estimate of drug-likeness (QED) is 0.596. The maximum Gasteiger partial charge on any atom is 0.191 e. The molecule has 0 bridgehead atoms. The van der Waals surface area contributed by atoms with E-state index in [2.05, 4.69) is 21.7 Å². The van der Waals surface area contributed by atoms with Crippen LogP contribution in [-0.2, 0) is 16.3 Å². The predicted molar refractivity (Wildman–Crippen MR) is 92.8 cm³/mol. The standard InChI is InChI=1S/C16H25N3O3S/c1-12(8-9-23(3,20)21)19-16(17-2)18-11-14-10-13-6-4-5-7-15(13)22-14/h4-7,12,14H,8-11H2,1-3H3,(H2,17,18,19). The van der Waals surface area contributed by atoms with Gasteiger partial charge in [-0.3, -0.25) is 4.99 Å². The van der Waals surface area contributed by atoms with Crippen molar-refractivity contribution >= 4 is 15.8 Å². The first kappa shape index (κ1) is 17.6. The number of nitrogens with one attached hydrogen (secondary N) is 2. The van der Waals surface area contributed by atoms with Crippen molar-refractivity contribution in [2.45, 2.75) is 31.9 Å². The van der Waals surface area contributed by atoms with Crippen molar-refractivity contribution in [3.05, 3.63) is 29.8 Å². The van der Waals surface area contributed by atoms with E-state index in [0.717, 1.165) is 12.2 Å². The molecule has 2 rings (SSSR count). The van der Waals surface area contributed by atoms with Gasteiger partial charge in [0.1, 0.15) is 21.7 Å². The van der Waals surface area contributed by atoms with Crippen molar-refractivity contribution in [1.29, 1.82) is 0 Å². The van der Waals surface area contributed by atoms with Gasteiger partial charge in [0.25, 0.3) is 0 Å². The van der Waals surface area contributed by atoms with Gasteiger partial charge in [-0.15, -0.1) is 0 Å². The van der Waals surface area contributed by atoms with Crippen molar-refractivity contribution in [2.75, 3.05) is 25.6 Å². The topological polar surface area (TPSA) is 79.8 Å². The van der Waals surface area contributed by atoms with Crippen LogP contribution in [0.15, 0.2) is 29.3 Å². The van der Waals surface area contributed by atoms with Gasteiger partial charge in [-0.2, -0.15) is 0 Å². The largest absolute Gasteiger partial charge is 0.488 e. The lowest BCUT2D eigenvalue weighted by Gasteiger charge is -2.19. The van der Waals surface area contributed by atoms with E-state index in [1.807, 2.05) is 25.1 Å². The second-order valence-corrected chi connectivity index (χ2v) is 8.23. The van der Waals surface area contributed by atoms with E-state index in [-0.39, 0.29) is 17.9 Å². The molecular weight excluding hydrogens is 314 g/mol. The molecule has 1 heterocycles. The lowest BCUT2D eigenvalue weighted by atomic mass is 10.1. The Balaban J connectivity index is 1.76. The molecule has 6 nitrogen and oxygen atoms in total. The number of hydrogen-bond acceptors (Lipinski definition) is 4. The molecule has 2 atom stereocenters. The van der Waals surface area contributed by atoms with E-state index in [4.69, 9.17) is 4.74 Å². The minimum absolute atomic E-state index is 0.0256. The summed E-state index contributed by atoms with van der Waals surface area (Å²) < 4.78 is 28.3. The number of fused-ring (bicyclic) bond motifs is 1. The molecule has 128 valence electrons. The molecule has 2 N–H and O–H groups in total. The Bertz CT molecular complexity index is 633. The van der Waals surface area contributed by atoms with Gasteiger partial charge in [0.15, 0.2) is 5.96 Å². The molecule has 1 aliphatic rings. The number of sulfone groups is 1. The van der Waals surface area contributed by atoms with Crippen LogP contribution in [0.25, 0.3) is 0 Å². The molecule has 0 saturated carbocycles. The first-order chi connectivity index (χ1) is 10.9. The average Bonchev–Trinajstić information content (AvgIpc) is 2.91. The van der Waals surface area contributed by atoms with Crippen molar-refractivity contribution in [3.63, 3.8) is 0 Å². The number of ether oxygens (including phenoxy) is 1. The number of aliphatic imine (C=N–C) groups is 1. The number of para-hydroxylation sites is 1. The van der Waals surface area contributed by atoms with Crippen LogP contribution >= 0.6 is 0 Å². The molecule has 0 amide bonds. The highest BCUT2D eigenvalue weighted by molar-refractivity contribution is 7.90. The van der Waals surface area contributed by atoms with Gasteiger partial charge in [-0.05, 0) is 25.0 Å². The Labute approximate surface area is 138 Å². The normalized spacial score (nSPS) is 18.9. The van der Waals surface area contributed by atoms with Gasteiger partial charge in [0, 0.05) is 25.8 Å². The zero-order chi connectivity index (χ0) is 16.9. The first-order valence-electron chi connectivity index (χ1n) is 7.77. The molecule has 0 radical (unpaired) electrons. The molecule has 2 unspecified atom stereocenters. The van der Waals surface area contributed by atoms with Crippen molar-refractivity contribution in [1.82, 2.24) is 10.6 Å². The fourth-order valence-corrected chi connectivity index (χ4v) is 3.25. The molecule has 0 aromatic heterocycles. The molecule has 0 saturated heterocycles. The highest BCUT2D eigenvalue weighted by Crippen LogP contribution is 2.27. The van der Waals surface area contributed by atoms with Crippen LogP contribution in [0.4, 0.5) is 0 Å². The zero-order valence-electron chi connectivity index (χ0n) is 13.9. The summed E-state index contributed by atoms with van der Waals surface area (Å²) in [7, 11) is -1.24. The van der Waals surface area contributed by atoms with E-state index in [9.17, 15) is 8.42 Å². The molecule has 1 aromatic rings. The van der Waals surface area contributed by atoms with Crippen LogP contribution in [-0.4, -0.2) is 52.1 Å². The highest BCUT2D eigenvalue weighted by atomic mass is 32.2. The Kier molecular flexibility index (Phi) is 5.87. The second-order valence-electron chi connectivity index (χ2n) is 5.97. The van der Waals surface area contributed by atoms with Crippen molar-refractivity contribution < 1.29 is 13.2 Å². The fourth-order valence-electron chi connectivity index (χ4n) is 2.47. The van der Waals surface area contributed by atoms with E-state index in [1.54, 1.807) is 7.05 Å². The molecule has 0 spiro atoms. The van der Waals surface area contributed by atoms with Gasteiger partial charge in [0.05, 0.1) is 12.3 Å². The van der Waals surface area contributed by atoms with Gasteiger partial charge in [0.2, 0.25) is 0 Å². The second kappa shape index (κ2) is 7.68. The number of guanidine groups is 1. The molecule has 7 heteroatoms. The number of nitrogens with zero attached hydrogens (tertiary/aromatic N) is 1. The minimum Gasteiger partial charge on any atom is -0.488 e. The van der Waals surface area contributed by atoms with E-state index in [1.165, 1.54) is 11.8 Å². The summed E-state index contributed by atoms with van der Waals surface area (Å²) in [5, 5.41) is 6.44. The van der Waals surface area contributed by atoms with E-state index < -0.39 is 9.84 Å². The van der Waals surface area contributed by atoms with E-state index >= 15 is 0 Å². The van der Waals surface area contributed by atoms with Crippen LogP contribution in [0, 0.1) is 0 Å². The smallest absolute Gasteiger partial charge is 0.191 e. The molecule has 0 aliphatic carbocycles. The van der Waals surface area contributed by atoms with Crippen LogP contribution < -0.4 is 15.4 Å². The molecular formula is C16H25N3O3S. The SMILES string of the molecule is CN=C(NCC1Cc2ccccc2O1)NC(C)CCS(C)(=O)=O. The van der Waals surface area contributed by atoms with Gasteiger partial charge < -0.3 is 15.4 Å². The molecule has 23 heavy (non-hydrogen) atoms. The summed E-state index contributed by atoms with van der Waals surface area (Å²) >= 11 is 0. The summed E-state index contributed by atoms with van der Waals surface area (Å²) in [4.78, 5) is 4.17. The summed E-state index contributed by atoms with van der Waals surface area (Å²) in [6, 6.07) is 8.07. The summed E-state index contributed by atoms with van der Waals surface area (Å²) in [6.07, 6.45) is 2.76. The van der Waals surface area contributed by atoms with Gasteiger partial charge in [-0.1, -0.05) is 18.2 Å². The maximum atomic E-state index is 11.2. The maximum absolute atomic E-state index is 11.2. The third-order valence-corrected chi connectivity index (χ3v) is 4.72. The highest BCUT2D eigenvalue weighted by Gasteiger charge is 2.22. The van der Waals surface area contributed by atoms with Crippen LogP contribution in [0.3, 0.4) is 0 Å². The van der Waals surface area contributed by atoms with Gasteiger partial charge >= 0.3 is 0 Å². The predicted octanol–water partition coefficient (Wildman–Crippen LogP) is 0.978. The van der Waals surface area contributed by atoms with Gasteiger partial charge in [-0.25, -0.2) is 8.42 Å². The van der Waals surface area contributed by atoms with Crippen molar-refractivity contribution in [3.8, 4) is 5.75 Å². The van der Waals surface area contributed by atoms with Crippen molar-refractivity contribution in [2.24, 2.45) is 4.99 Å². The fraction of sp³-hybridized carbons (Fsp3) is 0.562. The third-order valence-electron chi connectivity index (χ3n) is 3.74. The molecule has 1 aromatic carbocycles. The summed E-state index contributed by atoms with van der Waals surface area (Å²) in [6.45, 7) is 2.59. The average molecular weight is 339 g/mol. The lowest BCUT2D eigenvalue weighted by Crippen LogP contribution is -2.45. The third kappa shape index (κ3) is 5.74. The van der Waals surface area contributed by atoms with Crippen LogP contribution in [0.5, 0.6) is 5.75 Å². The number of benzene rings is 1. The summed E-state index contributed by atoms with van der Waals surface area (Å²) in [5.41, 5.74) is 1.23. The van der Waals surface area contributed by atoms with Crippen LogP contribution in [0.2, 0.25) is 0 Å². The Hall–Kier alpha value is -1.76.